The summed E-state index contributed by atoms with van der Waals surface area (Å²) in [6, 6.07) is 12.2. The highest BCUT2D eigenvalue weighted by atomic mass is 32.2. The molecule has 0 unspecified atom stereocenters. The molecule has 4 rings (SSSR count). The Morgan fingerprint density at radius 1 is 1.00 bits per heavy atom. The minimum atomic E-state index is -3.74. The first-order valence-electron chi connectivity index (χ1n) is 12.1. The number of carbonyl (C=O) groups excluding carboxylic acids is 2. The van der Waals surface area contributed by atoms with Crippen molar-refractivity contribution in [3.05, 3.63) is 53.6 Å². The second-order valence-corrected chi connectivity index (χ2v) is 11.0. The maximum atomic E-state index is 12.9. The lowest BCUT2D eigenvalue weighted by Crippen LogP contribution is -2.38. The molecule has 34 heavy (non-hydrogen) atoms. The summed E-state index contributed by atoms with van der Waals surface area (Å²) in [6.07, 6.45) is 3.83. The van der Waals surface area contributed by atoms with Crippen LogP contribution in [-0.4, -0.2) is 44.8 Å². The molecule has 182 valence electrons. The average Bonchev–Trinajstić information content (AvgIpc) is 3.26. The fourth-order valence-corrected chi connectivity index (χ4v) is 5.74. The van der Waals surface area contributed by atoms with E-state index in [1.165, 1.54) is 6.07 Å². The van der Waals surface area contributed by atoms with E-state index >= 15 is 0 Å². The number of rotatable bonds is 7. The molecule has 0 aliphatic carbocycles. The van der Waals surface area contributed by atoms with Crippen LogP contribution in [0.5, 0.6) is 0 Å². The lowest BCUT2D eigenvalue weighted by atomic mass is 9.99. The summed E-state index contributed by atoms with van der Waals surface area (Å²) >= 11 is 0. The number of aryl methyl sites for hydroxylation is 1. The van der Waals surface area contributed by atoms with E-state index in [1.807, 2.05) is 30.0 Å². The standard InChI is InChI=1S/C26H33N3O4S/c1-3-20-5-4-6-22(17-20)27-34(32,33)23-7-8-24-21(18-23)13-16-29(24)26(31)10-9-25(30)28-14-11-19(2)12-15-28/h4-8,17-19,27H,3,9-16H2,1-2H3. The first-order valence-corrected chi connectivity index (χ1v) is 13.6. The number of anilines is 2. The van der Waals surface area contributed by atoms with E-state index in [0.717, 1.165) is 49.2 Å². The topological polar surface area (TPSA) is 86.8 Å². The molecular formula is C26H33N3O4S. The van der Waals surface area contributed by atoms with E-state index in [9.17, 15) is 18.0 Å². The van der Waals surface area contributed by atoms with E-state index in [1.54, 1.807) is 23.1 Å². The van der Waals surface area contributed by atoms with Gasteiger partial charge in [-0.2, -0.15) is 0 Å². The molecular weight excluding hydrogens is 450 g/mol. The largest absolute Gasteiger partial charge is 0.343 e. The molecule has 1 saturated heterocycles. The molecule has 2 aliphatic heterocycles. The Morgan fingerprint density at radius 3 is 2.47 bits per heavy atom. The lowest BCUT2D eigenvalue weighted by Gasteiger charge is -2.30. The van der Waals surface area contributed by atoms with Gasteiger partial charge in [-0.3, -0.25) is 14.3 Å². The summed E-state index contributed by atoms with van der Waals surface area (Å²) in [7, 11) is -3.74. The molecule has 2 amide bonds. The Hall–Kier alpha value is -2.87. The Balaban J connectivity index is 1.39. The zero-order chi connectivity index (χ0) is 24.3. The maximum absolute atomic E-state index is 12.9. The van der Waals surface area contributed by atoms with Gasteiger partial charge in [-0.25, -0.2) is 8.42 Å². The number of fused-ring (bicyclic) bond motifs is 1. The molecule has 2 aromatic rings. The molecule has 0 saturated carbocycles. The number of sulfonamides is 1. The normalized spacial score (nSPS) is 16.4. The van der Waals surface area contributed by atoms with Crippen molar-refractivity contribution in [3.8, 4) is 0 Å². The second-order valence-electron chi connectivity index (χ2n) is 9.31. The molecule has 7 nitrogen and oxygen atoms in total. The molecule has 0 bridgehead atoms. The van der Waals surface area contributed by atoms with Crippen LogP contribution in [-0.2, 0) is 32.5 Å². The van der Waals surface area contributed by atoms with Gasteiger partial charge in [0.25, 0.3) is 10.0 Å². The maximum Gasteiger partial charge on any atom is 0.261 e. The third-order valence-electron chi connectivity index (χ3n) is 6.83. The summed E-state index contributed by atoms with van der Waals surface area (Å²) in [6.45, 7) is 6.26. The van der Waals surface area contributed by atoms with E-state index < -0.39 is 10.0 Å². The van der Waals surface area contributed by atoms with Gasteiger partial charge in [0, 0.05) is 43.9 Å². The van der Waals surface area contributed by atoms with Crippen LogP contribution in [0.2, 0.25) is 0 Å². The number of nitrogens with one attached hydrogen (secondary N) is 1. The van der Waals surface area contributed by atoms with Crippen molar-refractivity contribution >= 4 is 33.2 Å². The summed E-state index contributed by atoms with van der Waals surface area (Å²) in [4.78, 5) is 29.1. The predicted octanol–water partition coefficient (Wildman–Crippen LogP) is 3.98. The Kier molecular flexibility index (Phi) is 7.26. The van der Waals surface area contributed by atoms with Gasteiger partial charge in [0.15, 0.2) is 0 Å². The highest BCUT2D eigenvalue weighted by Gasteiger charge is 2.28. The lowest BCUT2D eigenvalue weighted by molar-refractivity contribution is -0.134. The monoisotopic (exact) mass is 483 g/mol. The fraction of sp³-hybridized carbons (Fsp3) is 0.462. The van der Waals surface area contributed by atoms with Crippen LogP contribution >= 0.6 is 0 Å². The first-order chi connectivity index (χ1) is 16.3. The van der Waals surface area contributed by atoms with Crippen LogP contribution < -0.4 is 9.62 Å². The zero-order valence-electron chi connectivity index (χ0n) is 19.9. The van der Waals surface area contributed by atoms with Gasteiger partial charge in [-0.05, 0) is 73.1 Å². The van der Waals surface area contributed by atoms with Gasteiger partial charge in [0.2, 0.25) is 11.8 Å². The van der Waals surface area contributed by atoms with Crippen LogP contribution in [0, 0.1) is 5.92 Å². The van der Waals surface area contributed by atoms with Crippen LogP contribution in [0.25, 0.3) is 0 Å². The molecule has 2 heterocycles. The van der Waals surface area contributed by atoms with Crippen LogP contribution in [0.4, 0.5) is 11.4 Å². The molecule has 2 aromatic carbocycles. The fourth-order valence-electron chi connectivity index (χ4n) is 4.64. The van der Waals surface area contributed by atoms with Crippen LogP contribution in [0.1, 0.15) is 50.7 Å². The number of hydrogen-bond donors (Lipinski definition) is 1. The van der Waals surface area contributed by atoms with Crippen molar-refractivity contribution < 1.29 is 18.0 Å². The number of nitrogens with zero attached hydrogens (tertiary/aromatic N) is 2. The van der Waals surface area contributed by atoms with Crippen molar-refractivity contribution in [1.29, 1.82) is 0 Å². The smallest absolute Gasteiger partial charge is 0.261 e. The first kappa shape index (κ1) is 24.3. The summed E-state index contributed by atoms with van der Waals surface area (Å²) in [5.74, 6) is 0.596. The Labute approximate surface area is 202 Å². The SMILES string of the molecule is CCc1cccc(NS(=O)(=O)c2ccc3c(c2)CCN3C(=O)CCC(=O)N2CCC(C)CC2)c1. The van der Waals surface area contributed by atoms with Gasteiger partial charge < -0.3 is 9.80 Å². The van der Waals surface area contributed by atoms with Gasteiger partial charge in [-0.15, -0.1) is 0 Å². The number of piperidine rings is 1. The van der Waals surface area contributed by atoms with Crippen molar-refractivity contribution in [1.82, 2.24) is 4.90 Å². The molecule has 2 aliphatic rings. The summed E-state index contributed by atoms with van der Waals surface area (Å²) in [5.41, 5.74) is 3.15. The molecule has 0 spiro atoms. The Bertz CT molecular complexity index is 1170. The number of likely N-dealkylation sites (tertiary alicyclic amines) is 1. The van der Waals surface area contributed by atoms with E-state index in [-0.39, 0.29) is 29.6 Å². The minimum Gasteiger partial charge on any atom is -0.343 e. The third kappa shape index (κ3) is 5.43. The highest BCUT2D eigenvalue weighted by molar-refractivity contribution is 7.92. The van der Waals surface area contributed by atoms with Gasteiger partial charge in [-0.1, -0.05) is 26.0 Å². The molecule has 8 heteroatoms. The molecule has 1 N–H and O–H groups in total. The van der Waals surface area contributed by atoms with Crippen molar-refractivity contribution in [2.24, 2.45) is 5.92 Å². The van der Waals surface area contributed by atoms with Crippen molar-refractivity contribution in [3.63, 3.8) is 0 Å². The average molecular weight is 484 g/mol. The second kappa shape index (κ2) is 10.2. The number of amides is 2. The predicted molar refractivity (Wildman–Crippen MR) is 133 cm³/mol. The van der Waals surface area contributed by atoms with E-state index in [2.05, 4.69) is 11.6 Å². The molecule has 0 aromatic heterocycles. The number of carbonyl (C=O) groups is 2. The van der Waals surface area contributed by atoms with Crippen LogP contribution in [0.3, 0.4) is 0 Å². The highest BCUT2D eigenvalue weighted by Crippen LogP contribution is 2.31. The number of benzene rings is 2. The quantitative estimate of drug-likeness (QED) is 0.645. The minimum absolute atomic E-state index is 0.0410. The van der Waals surface area contributed by atoms with Crippen molar-refractivity contribution in [2.75, 3.05) is 29.3 Å². The number of hydrogen-bond acceptors (Lipinski definition) is 4. The summed E-state index contributed by atoms with van der Waals surface area (Å²) in [5, 5.41) is 0. The van der Waals surface area contributed by atoms with Gasteiger partial charge in [0.05, 0.1) is 4.90 Å². The van der Waals surface area contributed by atoms with Gasteiger partial charge >= 0.3 is 0 Å². The van der Waals surface area contributed by atoms with E-state index in [4.69, 9.17) is 0 Å². The van der Waals surface area contributed by atoms with E-state index in [0.29, 0.717) is 24.6 Å². The molecule has 0 atom stereocenters. The van der Waals surface area contributed by atoms with Gasteiger partial charge in [0.1, 0.15) is 0 Å². The zero-order valence-corrected chi connectivity index (χ0v) is 20.7. The summed E-state index contributed by atoms with van der Waals surface area (Å²) < 4.78 is 28.5. The third-order valence-corrected chi connectivity index (χ3v) is 8.21. The molecule has 0 radical (unpaired) electrons. The Morgan fingerprint density at radius 2 is 1.74 bits per heavy atom. The van der Waals surface area contributed by atoms with Crippen molar-refractivity contribution in [2.45, 2.75) is 57.3 Å². The van der Waals surface area contributed by atoms with Crippen LogP contribution in [0.15, 0.2) is 47.4 Å². The molecule has 1 fully saturated rings.